The van der Waals surface area contributed by atoms with Gasteiger partial charge in [-0.15, -0.1) is 0 Å². The van der Waals surface area contributed by atoms with E-state index in [1.54, 1.807) is 38.8 Å². The summed E-state index contributed by atoms with van der Waals surface area (Å²) in [5.74, 6) is 0. The number of piperazine rings is 1. The van der Waals surface area contributed by atoms with Crippen molar-refractivity contribution in [3.05, 3.63) is 33.9 Å². The molecule has 2 rings (SSSR count). The molecule has 1 heterocycles. The quantitative estimate of drug-likeness (QED) is 0.440. The number of rotatable bonds is 5. The summed E-state index contributed by atoms with van der Waals surface area (Å²) >= 11 is 0. The maximum atomic E-state index is 12.5. The highest BCUT2D eigenvalue weighted by atomic mass is 16.6. The van der Waals surface area contributed by atoms with E-state index in [0.29, 0.717) is 38.2 Å². The van der Waals surface area contributed by atoms with Crippen LogP contribution in [0, 0.1) is 10.1 Å². The first-order chi connectivity index (χ1) is 12.7. The van der Waals surface area contributed by atoms with Crippen LogP contribution >= 0.6 is 0 Å². The second-order valence-corrected chi connectivity index (χ2v) is 7.35. The van der Waals surface area contributed by atoms with E-state index in [1.807, 2.05) is 4.90 Å². The molecular weight excluding hydrogens is 354 g/mol. The Morgan fingerprint density at radius 1 is 1.37 bits per heavy atom. The van der Waals surface area contributed by atoms with Crippen LogP contribution in [0.5, 0.6) is 0 Å². The van der Waals surface area contributed by atoms with Crippen molar-refractivity contribution in [1.29, 1.82) is 0 Å². The Morgan fingerprint density at radius 2 is 2.07 bits per heavy atom. The Balaban J connectivity index is 2.22. The van der Waals surface area contributed by atoms with E-state index < -0.39 is 16.6 Å². The lowest BCUT2D eigenvalue weighted by Crippen LogP contribution is -2.58. The molecule has 0 aliphatic carbocycles. The fourth-order valence-electron chi connectivity index (χ4n) is 3.01. The fraction of sp³-hybridized carbons (Fsp3) is 0.556. The summed E-state index contributed by atoms with van der Waals surface area (Å²) in [6.45, 7) is 7.00. The average molecular weight is 379 g/mol. The highest BCUT2D eigenvalue weighted by Crippen LogP contribution is 2.27. The number of non-ortho nitro benzene ring substituents is 1. The minimum absolute atomic E-state index is 0.137. The van der Waals surface area contributed by atoms with Gasteiger partial charge in [-0.05, 0) is 26.8 Å². The summed E-state index contributed by atoms with van der Waals surface area (Å²) in [5.41, 5.74) is 0.0998. The van der Waals surface area contributed by atoms with Gasteiger partial charge in [0.05, 0.1) is 17.6 Å². The van der Waals surface area contributed by atoms with Crippen LogP contribution in [0.1, 0.15) is 31.1 Å². The van der Waals surface area contributed by atoms with Gasteiger partial charge in [-0.2, -0.15) is 0 Å². The first kappa shape index (κ1) is 20.6. The molecule has 0 aromatic heterocycles. The third-order valence-electron chi connectivity index (χ3n) is 4.16. The van der Waals surface area contributed by atoms with Gasteiger partial charge in [-0.3, -0.25) is 19.8 Å². The van der Waals surface area contributed by atoms with Crippen molar-refractivity contribution in [3.8, 4) is 0 Å². The van der Waals surface area contributed by atoms with Crippen LogP contribution in [0.25, 0.3) is 0 Å². The van der Waals surface area contributed by atoms with E-state index in [4.69, 9.17) is 9.47 Å². The smallest absolute Gasteiger partial charge is 0.410 e. The molecule has 9 heteroatoms. The zero-order valence-electron chi connectivity index (χ0n) is 16.0. The molecule has 1 saturated heterocycles. The third kappa shape index (κ3) is 5.16. The van der Waals surface area contributed by atoms with Gasteiger partial charge in [0.2, 0.25) is 0 Å². The molecule has 1 aliphatic rings. The molecule has 1 atom stereocenters. The van der Waals surface area contributed by atoms with Crippen molar-refractivity contribution in [1.82, 2.24) is 4.90 Å². The molecule has 0 N–H and O–H groups in total. The zero-order valence-corrected chi connectivity index (χ0v) is 16.0. The number of nitro benzene ring substituents is 1. The predicted molar refractivity (Wildman–Crippen MR) is 99.3 cm³/mol. The number of methoxy groups -OCH3 is 1. The summed E-state index contributed by atoms with van der Waals surface area (Å²) < 4.78 is 10.7. The minimum atomic E-state index is -0.602. The lowest BCUT2D eigenvalue weighted by Gasteiger charge is -2.42. The van der Waals surface area contributed by atoms with Crippen LogP contribution in [0.4, 0.5) is 16.2 Å². The Hall–Kier alpha value is -2.68. The van der Waals surface area contributed by atoms with Crippen molar-refractivity contribution < 1.29 is 24.0 Å². The number of amides is 1. The maximum Gasteiger partial charge on any atom is 0.410 e. The zero-order chi connectivity index (χ0) is 20.2. The molecule has 0 bridgehead atoms. The highest BCUT2D eigenvalue weighted by Gasteiger charge is 2.34. The van der Waals surface area contributed by atoms with Crippen molar-refractivity contribution in [3.63, 3.8) is 0 Å². The molecule has 27 heavy (non-hydrogen) atoms. The normalized spacial score (nSPS) is 17.6. The molecule has 1 aliphatic heterocycles. The van der Waals surface area contributed by atoms with E-state index in [2.05, 4.69) is 0 Å². The van der Waals surface area contributed by atoms with Crippen LogP contribution in [-0.2, 0) is 9.47 Å². The second-order valence-electron chi connectivity index (χ2n) is 7.35. The van der Waals surface area contributed by atoms with E-state index in [-0.39, 0.29) is 17.3 Å². The molecule has 9 nitrogen and oxygen atoms in total. The Labute approximate surface area is 158 Å². The van der Waals surface area contributed by atoms with Gasteiger partial charge >= 0.3 is 6.09 Å². The molecular formula is C18H25N3O6. The van der Waals surface area contributed by atoms with E-state index in [1.165, 1.54) is 12.1 Å². The number of carbonyl (C=O) groups is 2. The number of anilines is 1. The van der Waals surface area contributed by atoms with Gasteiger partial charge in [0.15, 0.2) is 6.29 Å². The molecule has 0 spiro atoms. The first-order valence-corrected chi connectivity index (χ1v) is 8.63. The van der Waals surface area contributed by atoms with Crippen LogP contribution in [0.3, 0.4) is 0 Å². The summed E-state index contributed by atoms with van der Waals surface area (Å²) in [5, 5.41) is 10.9. The highest BCUT2D eigenvalue weighted by molar-refractivity contribution is 5.86. The number of ether oxygens (including phenoxy) is 2. The van der Waals surface area contributed by atoms with Gasteiger partial charge < -0.3 is 14.4 Å². The third-order valence-corrected chi connectivity index (χ3v) is 4.16. The van der Waals surface area contributed by atoms with Crippen molar-refractivity contribution >= 4 is 23.8 Å². The molecule has 1 aromatic rings. The molecule has 148 valence electrons. The number of benzene rings is 1. The van der Waals surface area contributed by atoms with Gasteiger partial charge in [-0.25, -0.2) is 4.79 Å². The summed E-state index contributed by atoms with van der Waals surface area (Å²) in [6, 6.07) is 3.92. The average Bonchev–Trinajstić information content (AvgIpc) is 2.59. The lowest BCUT2D eigenvalue weighted by atomic mass is 10.1. The number of carbonyl (C=O) groups excluding carboxylic acids is 2. The first-order valence-electron chi connectivity index (χ1n) is 8.63. The van der Waals surface area contributed by atoms with Crippen molar-refractivity contribution in [2.24, 2.45) is 0 Å². The Morgan fingerprint density at radius 3 is 2.63 bits per heavy atom. The number of aldehydes is 1. The van der Waals surface area contributed by atoms with Crippen LogP contribution < -0.4 is 4.90 Å². The van der Waals surface area contributed by atoms with Gasteiger partial charge in [-0.1, -0.05) is 0 Å². The van der Waals surface area contributed by atoms with Crippen LogP contribution in [0.15, 0.2) is 18.2 Å². The van der Waals surface area contributed by atoms with Crippen molar-refractivity contribution in [2.75, 3.05) is 38.3 Å². The minimum Gasteiger partial charge on any atom is -0.444 e. The van der Waals surface area contributed by atoms with Gasteiger partial charge in [0, 0.05) is 50.1 Å². The lowest BCUT2D eigenvalue weighted by molar-refractivity contribution is -0.384. The SMILES string of the molecule is COCC1CN(c2ccc([N+](=O)[O-])cc2C=O)CCN1C(=O)OC(C)(C)C. The van der Waals surface area contributed by atoms with Gasteiger partial charge in [0.1, 0.15) is 5.60 Å². The van der Waals surface area contributed by atoms with Crippen LogP contribution in [0.2, 0.25) is 0 Å². The number of nitrogens with zero attached hydrogens (tertiary/aromatic N) is 3. The molecule has 1 aromatic carbocycles. The largest absolute Gasteiger partial charge is 0.444 e. The number of hydrogen-bond acceptors (Lipinski definition) is 7. The Bertz CT molecular complexity index is 716. The van der Waals surface area contributed by atoms with E-state index in [0.717, 1.165) is 0 Å². The van der Waals surface area contributed by atoms with Crippen LogP contribution in [-0.4, -0.2) is 67.2 Å². The standard InChI is InChI=1S/C18H25N3O6/c1-18(2,3)27-17(23)20-8-7-19(10-15(20)12-26-4)16-6-5-14(21(24)25)9-13(16)11-22/h5-6,9,11,15H,7-8,10,12H2,1-4H3. The monoisotopic (exact) mass is 379 g/mol. The summed E-state index contributed by atoms with van der Waals surface area (Å²) in [7, 11) is 1.55. The summed E-state index contributed by atoms with van der Waals surface area (Å²) in [4.78, 5) is 37.8. The molecule has 0 radical (unpaired) electrons. The summed E-state index contributed by atoms with van der Waals surface area (Å²) in [6.07, 6.45) is 0.192. The topological polar surface area (TPSA) is 102 Å². The van der Waals surface area contributed by atoms with E-state index in [9.17, 15) is 19.7 Å². The van der Waals surface area contributed by atoms with E-state index >= 15 is 0 Å². The molecule has 1 fully saturated rings. The molecule has 0 saturated carbocycles. The molecule has 1 unspecified atom stereocenters. The number of hydrogen-bond donors (Lipinski definition) is 0. The Kier molecular flexibility index (Phi) is 6.37. The number of nitro groups is 1. The predicted octanol–water partition coefficient (Wildman–Crippen LogP) is 2.48. The molecule has 1 amide bonds. The maximum absolute atomic E-state index is 12.5. The van der Waals surface area contributed by atoms with Gasteiger partial charge in [0.25, 0.3) is 5.69 Å². The second kappa shape index (κ2) is 8.34. The fourth-order valence-corrected chi connectivity index (χ4v) is 3.01. The van der Waals surface area contributed by atoms with Crippen molar-refractivity contribution in [2.45, 2.75) is 32.4 Å².